The van der Waals surface area contributed by atoms with Crippen LogP contribution in [0.15, 0.2) is 29.1 Å². The van der Waals surface area contributed by atoms with Crippen LogP contribution >= 0.6 is 22.9 Å². The molecule has 0 fully saturated rings. The zero-order valence-corrected chi connectivity index (χ0v) is 9.73. The highest BCUT2D eigenvalue weighted by Gasteiger charge is 2.18. The Kier molecular flexibility index (Phi) is 3.50. The molecule has 0 bridgehead atoms. The number of aromatic nitrogens is 1. The van der Waals surface area contributed by atoms with Crippen LogP contribution in [0.2, 0.25) is 5.02 Å². The molecule has 1 aromatic carbocycles. The van der Waals surface area contributed by atoms with Crippen molar-refractivity contribution in [1.29, 1.82) is 0 Å². The minimum Gasteiger partial charge on any atom is -0.271 e. The summed E-state index contributed by atoms with van der Waals surface area (Å²) in [6.07, 6.45) is 0. The van der Waals surface area contributed by atoms with Crippen molar-refractivity contribution in [3.63, 3.8) is 0 Å². The van der Waals surface area contributed by atoms with E-state index in [2.05, 4.69) is 10.4 Å². The molecule has 1 unspecified atom stereocenters. The van der Waals surface area contributed by atoms with Gasteiger partial charge in [-0.1, -0.05) is 17.7 Å². The Hall–Kier alpha value is -1.01. The Labute approximate surface area is 101 Å². The zero-order chi connectivity index (χ0) is 11.5. The maximum atomic E-state index is 13.7. The van der Waals surface area contributed by atoms with E-state index < -0.39 is 11.9 Å². The van der Waals surface area contributed by atoms with Crippen LogP contribution in [-0.4, -0.2) is 4.98 Å². The van der Waals surface area contributed by atoms with E-state index in [0.717, 1.165) is 0 Å². The topological polar surface area (TPSA) is 50.9 Å². The number of nitrogens with two attached hydrogens (primary N) is 1. The molecule has 0 radical (unpaired) electrons. The molecule has 2 aromatic rings. The first kappa shape index (κ1) is 11.5. The Morgan fingerprint density at radius 3 is 2.88 bits per heavy atom. The van der Waals surface area contributed by atoms with Gasteiger partial charge < -0.3 is 0 Å². The van der Waals surface area contributed by atoms with Crippen LogP contribution in [0.25, 0.3) is 0 Å². The molecule has 0 spiro atoms. The number of hydrazine groups is 1. The maximum Gasteiger partial charge on any atom is 0.129 e. The summed E-state index contributed by atoms with van der Waals surface area (Å²) in [5, 5.41) is 2.17. The molecule has 0 saturated carbocycles. The van der Waals surface area contributed by atoms with Crippen molar-refractivity contribution in [1.82, 2.24) is 10.4 Å². The van der Waals surface area contributed by atoms with Gasteiger partial charge in [-0.2, -0.15) is 0 Å². The molecule has 0 amide bonds. The molecule has 3 N–H and O–H groups in total. The zero-order valence-electron chi connectivity index (χ0n) is 8.15. The summed E-state index contributed by atoms with van der Waals surface area (Å²) in [5.74, 6) is 5.02. The van der Waals surface area contributed by atoms with E-state index >= 15 is 0 Å². The molecule has 2 rings (SSSR count). The minimum absolute atomic E-state index is 0.357. The van der Waals surface area contributed by atoms with E-state index in [9.17, 15) is 4.39 Å². The van der Waals surface area contributed by atoms with E-state index in [1.165, 1.54) is 17.4 Å². The molecule has 0 aliphatic rings. The van der Waals surface area contributed by atoms with E-state index in [1.807, 2.05) is 5.38 Å². The van der Waals surface area contributed by atoms with Crippen LogP contribution in [0, 0.1) is 5.82 Å². The lowest BCUT2D eigenvalue weighted by Crippen LogP contribution is -2.29. The van der Waals surface area contributed by atoms with Gasteiger partial charge in [0.2, 0.25) is 0 Å². The summed E-state index contributed by atoms with van der Waals surface area (Å²) in [5.41, 5.74) is 5.33. The van der Waals surface area contributed by atoms with Gasteiger partial charge in [0.1, 0.15) is 5.82 Å². The molecular formula is C10H9ClFN3S. The molecule has 3 nitrogen and oxygen atoms in total. The van der Waals surface area contributed by atoms with Crippen LogP contribution in [0.3, 0.4) is 0 Å². The number of hydrogen-bond donors (Lipinski definition) is 2. The van der Waals surface area contributed by atoms with Crippen molar-refractivity contribution in [2.75, 3.05) is 0 Å². The average molecular weight is 258 g/mol. The predicted molar refractivity (Wildman–Crippen MR) is 62.7 cm³/mol. The number of nitrogens with one attached hydrogen (secondary N) is 1. The molecule has 16 heavy (non-hydrogen) atoms. The summed E-state index contributed by atoms with van der Waals surface area (Å²) in [7, 11) is 0. The normalized spacial score (nSPS) is 12.7. The molecule has 84 valence electrons. The van der Waals surface area contributed by atoms with Crippen LogP contribution < -0.4 is 11.3 Å². The highest BCUT2D eigenvalue weighted by Crippen LogP contribution is 2.25. The third-order valence-corrected chi connectivity index (χ3v) is 3.03. The molecular weight excluding hydrogens is 249 g/mol. The SMILES string of the molecule is NNC(c1cscn1)c1ccc(Cl)cc1F. The van der Waals surface area contributed by atoms with E-state index in [-0.39, 0.29) is 0 Å². The Bertz CT molecular complexity index is 475. The number of thiazole rings is 1. The van der Waals surface area contributed by atoms with Crippen LogP contribution in [0.5, 0.6) is 0 Å². The molecule has 0 aliphatic carbocycles. The molecule has 6 heteroatoms. The lowest BCUT2D eigenvalue weighted by atomic mass is 10.0. The highest BCUT2D eigenvalue weighted by atomic mass is 35.5. The van der Waals surface area contributed by atoms with Crippen molar-refractivity contribution in [3.05, 3.63) is 51.2 Å². The van der Waals surface area contributed by atoms with Crippen molar-refractivity contribution < 1.29 is 4.39 Å². The van der Waals surface area contributed by atoms with E-state index in [1.54, 1.807) is 17.6 Å². The second-order valence-electron chi connectivity index (χ2n) is 3.18. The average Bonchev–Trinajstić information content (AvgIpc) is 2.75. The lowest BCUT2D eigenvalue weighted by Gasteiger charge is -2.14. The van der Waals surface area contributed by atoms with E-state index in [4.69, 9.17) is 17.4 Å². The molecule has 1 aromatic heterocycles. The van der Waals surface area contributed by atoms with Gasteiger partial charge in [0.25, 0.3) is 0 Å². The third-order valence-electron chi connectivity index (χ3n) is 2.19. The number of benzene rings is 1. The third kappa shape index (κ3) is 2.22. The Morgan fingerprint density at radius 1 is 1.50 bits per heavy atom. The van der Waals surface area contributed by atoms with Gasteiger partial charge >= 0.3 is 0 Å². The van der Waals surface area contributed by atoms with Gasteiger partial charge in [-0.05, 0) is 12.1 Å². The summed E-state index contributed by atoms with van der Waals surface area (Å²) < 4.78 is 13.7. The number of nitrogens with zero attached hydrogens (tertiary/aromatic N) is 1. The van der Waals surface area contributed by atoms with Gasteiger partial charge in [-0.15, -0.1) is 11.3 Å². The van der Waals surface area contributed by atoms with Crippen molar-refractivity contribution in [2.45, 2.75) is 6.04 Å². The van der Waals surface area contributed by atoms with Crippen molar-refractivity contribution in [2.24, 2.45) is 5.84 Å². The van der Waals surface area contributed by atoms with Gasteiger partial charge in [0.15, 0.2) is 0 Å². The first-order valence-corrected chi connectivity index (χ1v) is 5.83. The predicted octanol–water partition coefficient (Wildman–Crippen LogP) is 2.49. The van der Waals surface area contributed by atoms with E-state index in [0.29, 0.717) is 16.3 Å². The number of hydrogen-bond acceptors (Lipinski definition) is 4. The first-order chi connectivity index (χ1) is 7.72. The van der Waals surface area contributed by atoms with Crippen LogP contribution in [0.1, 0.15) is 17.3 Å². The second kappa shape index (κ2) is 4.88. The second-order valence-corrected chi connectivity index (χ2v) is 4.33. The molecule has 1 atom stereocenters. The fraction of sp³-hybridized carbons (Fsp3) is 0.100. The molecule has 0 saturated heterocycles. The molecule has 1 heterocycles. The standard InChI is InChI=1S/C10H9ClFN3S/c11-6-1-2-7(8(12)3-6)10(15-13)9-4-16-5-14-9/h1-5,10,15H,13H2. The van der Waals surface area contributed by atoms with Gasteiger partial charge in [0.05, 0.1) is 17.2 Å². The summed E-state index contributed by atoms with van der Waals surface area (Å²) in [6, 6.07) is 4.02. The van der Waals surface area contributed by atoms with Gasteiger partial charge in [0, 0.05) is 16.0 Å². The molecule has 0 aliphatic heterocycles. The lowest BCUT2D eigenvalue weighted by molar-refractivity contribution is 0.554. The highest BCUT2D eigenvalue weighted by molar-refractivity contribution is 7.07. The van der Waals surface area contributed by atoms with Gasteiger partial charge in [-0.25, -0.2) is 14.8 Å². The maximum absolute atomic E-state index is 13.7. The van der Waals surface area contributed by atoms with Crippen molar-refractivity contribution in [3.8, 4) is 0 Å². The fourth-order valence-corrected chi connectivity index (χ4v) is 2.17. The van der Waals surface area contributed by atoms with Crippen LogP contribution in [0.4, 0.5) is 4.39 Å². The summed E-state index contributed by atoms with van der Waals surface area (Å²) >= 11 is 7.12. The summed E-state index contributed by atoms with van der Waals surface area (Å²) in [4.78, 5) is 4.10. The monoisotopic (exact) mass is 257 g/mol. The largest absolute Gasteiger partial charge is 0.271 e. The Morgan fingerprint density at radius 2 is 2.31 bits per heavy atom. The van der Waals surface area contributed by atoms with Gasteiger partial charge in [-0.3, -0.25) is 5.84 Å². The smallest absolute Gasteiger partial charge is 0.129 e. The summed E-state index contributed by atoms with van der Waals surface area (Å²) in [6.45, 7) is 0. The minimum atomic E-state index is -0.455. The first-order valence-electron chi connectivity index (χ1n) is 4.51. The quantitative estimate of drug-likeness (QED) is 0.656. The van der Waals surface area contributed by atoms with Crippen LogP contribution in [-0.2, 0) is 0 Å². The fourth-order valence-electron chi connectivity index (χ4n) is 1.43. The Balaban J connectivity index is 2.41. The van der Waals surface area contributed by atoms with Crippen molar-refractivity contribution >= 4 is 22.9 Å². The number of halogens is 2. The number of rotatable bonds is 3.